The van der Waals surface area contributed by atoms with Gasteiger partial charge in [0.25, 0.3) is 0 Å². The minimum absolute atomic E-state index is 0.880. The van der Waals surface area contributed by atoms with Gasteiger partial charge in [-0.05, 0) is 24.0 Å². The Kier molecular flexibility index (Phi) is 3.31. The largest absolute Gasteiger partial charge is 0.220 e. The van der Waals surface area contributed by atoms with Gasteiger partial charge in [0.1, 0.15) is 0 Å². The topological polar surface area (TPSA) is 34.1 Å². The average Bonchev–Trinajstić information content (AvgIpc) is 2.28. The molecule has 1 rings (SSSR count). The Bertz CT molecular complexity index is 306. The molecule has 1 aliphatic heterocycles. The zero-order chi connectivity index (χ0) is 9.90. The van der Waals surface area contributed by atoms with Gasteiger partial charge in [0, 0.05) is 10.8 Å². The molecular weight excluding hydrogens is 184 g/mol. The second kappa shape index (κ2) is 4.09. The van der Waals surface area contributed by atoms with Crippen molar-refractivity contribution in [3.05, 3.63) is 22.0 Å². The molecule has 0 saturated heterocycles. The summed E-state index contributed by atoms with van der Waals surface area (Å²) in [6, 6.07) is 0. The molecule has 0 radical (unpaired) electrons. The third-order valence-electron chi connectivity index (χ3n) is 2.06. The summed E-state index contributed by atoms with van der Waals surface area (Å²) < 4.78 is 22.5. The van der Waals surface area contributed by atoms with Gasteiger partial charge < -0.3 is 0 Å². The Morgan fingerprint density at radius 1 is 1.00 bits per heavy atom. The predicted molar refractivity (Wildman–Crippen MR) is 54.9 cm³/mol. The molecule has 0 saturated carbocycles. The SMILES string of the molecule is CCCC1=CS(=O)(=O)C=C1CCC. The molecule has 2 nitrogen and oxygen atoms in total. The van der Waals surface area contributed by atoms with Crippen molar-refractivity contribution in [3.8, 4) is 0 Å². The van der Waals surface area contributed by atoms with Crippen molar-refractivity contribution in [2.75, 3.05) is 0 Å². The number of sulfone groups is 1. The molecule has 3 heteroatoms. The smallest absolute Gasteiger partial charge is 0.193 e. The zero-order valence-electron chi connectivity index (χ0n) is 8.21. The van der Waals surface area contributed by atoms with Crippen LogP contribution in [0.25, 0.3) is 0 Å². The second-order valence-electron chi connectivity index (χ2n) is 3.38. The van der Waals surface area contributed by atoms with E-state index in [9.17, 15) is 8.42 Å². The molecule has 13 heavy (non-hydrogen) atoms. The first kappa shape index (κ1) is 10.5. The molecule has 0 fully saturated rings. The van der Waals surface area contributed by atoms with Crippen LogP contribution in [0.15, 0.2) is 22.0 Å². The Hall–Kier alpha value is -0.570. The van der Waals surface area contributed by atoms with Crippen LogP contribution in [0, 0.1) is 0 Å². The lowest BCUT2D eigenvalue weighted by Crippen LogP contribution is -1.85. The van der Waals surface area contributed by atoms with Gasteiger partial charge in [0.2, 0.25) is 0 Å². The molecule has 0 bridgehead atoms. The van der Waals surface area contributed by atoms with Crippen LogP contribution in [0.4, 0.5) is 0 Å². The Morgan fingerprint density at radius 2 is 1.38 bits per heavy atom. The van der Waals surface area contributed by atoms with Crippen LogP contribution in [0.3, 0.4) is 0 Å². The molecule has 0 atom stereocenters. The van der Waals surface area contributed by atoms with Crippen LogP contribution in [0.5, 0.6) is 0 Å². The fraction of sp³-hybridized carbons (Fsp3) is 0.600. The molecule has 0 amide bonds. The standard InChI is InChI=1S/C10H16O2S/c1-3-5-9-7-13(11,12)8-10(9)6-4-2/h7-8H,3-6H2,1-2H3. The van der Waals surface area contributed by atoms with Crippen molar-refractivity contribution < 1.29 is 8.42 Å². The summed E-state index contributed by atoms with van der Waals surface area (Å²) in [6.45, 7) is 4.13. The molecule has 0 aromatic rings. The molecule has 1 heterocycles. The van der Waals surface area contributed by atoms with Crippen molar-refractivity contribution in [1.82, 2.24) is 0 Å². The van der Waals surface area contributed by atoms with Gasteiger partial charge in [-0.3, -0.25) is 0 Å². The highest BCUT2D eigenvalue weighted by atomic mass is 32.2. The van der Waals surface area contributed by atoms with Crippen LogP contribution in [-0.4, -0.2) is 8.42 Å². The molecule has 1 aliphatic rings. The third kappa shape index (κ3) is 2.69. The average molecular weight is 200 g/mol. The molecule has 0 aliphatic carbocycles. The van der Waals surface area contributed by atoms with Crippen LogP contribution in [-0.2, 0) is 9.84 Å². The molecular formula is C10H16O2S. The maximum absolute atomic E-state index is 11.2. The summed E-state index contributed by atoms with van der Waals surface area (Å²) in [7, 11) is -3.01. The minimum atomic E-state index is -3.01. The van der Waals surface area contributed by atoms with Crippen molar-refractivity contribution in [2.45, 2.75) is 39.5 Å². The van der Waals surface area contributed by atoms with E-state index in [4.69, 9.17) is 0 Å². The maximum atomic E-state index is 11.2. The van der Waals surface area contributed by atoms with E-state index in [0.717, 1.165) is 36.8 Å². The molecule has 74 valence electrons. The minimum Gasteiger partial charge on any atom is -0.220 e. The van der Waals surface area contributed by atoms with E-state index in [1.54, 1.807) is 0 Å². The van der Waals surface area contributed by atoms with Gasteiger partial charge in [0.15, 0.2) is 9.84 Å². The summed E-state index contributed by atoms with van der Waals surface area (Å²) in [4.78, 5) is 0. The van der Waals surface area contributed by atoms with Crippen LogP contribution < -0.4 is 0 Å². The van der Waals surface area contributed by atoms with E-state index in [2.05, 4.69) is 13.8 Å². The van der Waals surface area contributed by atoms with Crippen LogP contribution in [0.2, 0.25) is 0 Å². The fourth-order valence-corrected chi connectivity index (χ4v) is 2.96. The summed E-state index contributed by atoms with van der Waals surface area (Å²) in [5, 5.41) is 2.84. The van der Waals surface area contributed by atoms with Crippen LogP contribution in [0.1, 0.15) is 39.5 Å². The Morgan fingerprint density at radius 3 is 1.69 bits per heavy atom. The van der Waals surface area contributed by atoms with E-state index >= 15 is 0 Å². The number of allylic oxidation sites excluding steroid dienone is 2. The molecule has 0 N–H and O–H groups in total. The highest BCUT2D eigenvalue weighted by molar-refractivity contribution is 7.97. The molecule has 0 unspecified atom stereocenters. The van der Waals surface area contributed by atoms with E-state index in [0.29, 0.717) is 0 Å². The van der Waals surface area contributed by atoms with Gasteiger partial charge in [-0.1, -0.05) is 26.7 Å². The fourth-order valence-electron chi connectivity index (χ4n) is 1.56. The third-order valence-corrected chi connectivity index (χ3v) is 3.29. The van der Waals surface area contributed by atoms with Gasteiger partial charge in [-0.25, -0.2) is 8.42 Å². The quantitative estimate of drug-likeness (QED) is 0.699. The summed E-state index contributed by atoms with van der Waals surface area (Å²) >= 11 is 0. The zero-order valence-corrected chi connectivity index (χ0v) is 9.02. The Labute approximate surface area is 80.3 Å². The summed E-state index contributed by atoms with van der Waals surface area (Å²) in [6.07, 6.45) is 3.76. The first-order valence-corrected chi connectivity index (χ1v) is 6.36. The summed E-state index contributed by atoms with van der Waals surface area (Å²) in [5.74, 6) is 0. The molecule has 0 aromatic carbocycles. The van der Waals surface area contributed by atoms with Gasteiger partial charge in [-0.15, -0.1) is 0 Å². The van der Waals surface area contributed by atoms with Crippen molar-refractivity contribution >= 4 is 9.84 Å². The predicted octanol–water partition coefficient (Wildman–Crippen LogP) is 2.78. The van der Waals surface area contributed by atoms with E-state index in [1.807, 2.05) is 0 Å². The normalized spacial score (nSPS) is 19.8. The first-order chi connectivity index (χ1) is 6.09. The van der Waals surface area contributed by atoms with Crippen molar-refractivity contribution in [1.29, 1.82) is 0 Å². The van der Waals surface area contributed by atoms with Crippen molar-refractivity contribution in [3.63, 3.8) is 0 Å². The maximum Gasteiger partial charge on any atom is 0.193 e. The van der Waals surface area contributed by atoms with Crippen LogP contribution >= 0.6 is 0 Å². The van der Waals surface area contributed by atoms with E-state index in [1.165, 1.54) is 10.8 Å². The van der Waals surface area contributed by atoms with E-state index in [-0.39, 0.29) is 0 Å². The number of hydrogen-bond donors (Lipinski definition) is 0. The Balaban J connectivity index is 2.88. The lowest BCUT2D eigenvalue weighted by atomic mass is 10.0. The lowest BCUT2D eigenvalue weighted by Gasteiger charge is -2.03. The van der Waals surface area contributed by atoms with Crippen molar-refractivity contribution in [2.24, 2.45) is 0 Å². The van der Waals surface area contributed by atoms with Gasteiger partial charge in [0.05, 0.1) is 0 Å². The molecule has 0 spiro atoms. The first-order valence-electron chi connectivity index (χ1n) is 4.75. The molecule has 0 aromatic heterocycles. The monoisotopic (exact) mass is 200 g/mol. The lowest BCUT2D eigenvalue weighted by molar-refractivity contribution is 0.613. The van der Waals surface area contributed by atoms with E-state index < -0.39 is 9.84 Å². The number of rotatable bonds is 4. The second-order valence-corrected chi connectivity index (χ2v) is 5.02. The van der Waals surface area contributed by atoms with Gasteiger partial charge in [-0.2, -0.15) is 0 Å². The van der Waals surface area contributed by atoms with Gasteiger partial charge >= 0.3 is 0 Å². The number of hydrogen-bond acceptors (Lipinski definition) is 2. The highest BCUT2D eigenvalue weighted by Gasteiger charge is 2.18. The highest BCUT2D eigenvalue weighted by Crippen LogP contribution is 2.28. The summed E-state index contributed by atoms with van der Waals surface area (Å²) in [5.41, 5.74) is 2.04.